The number of hydrogen-bond acceptors (Lipinski definition) is 7. The van der Waals surface area contributed by atoms with E-state index >= 15 is 0 Å². The predicted octanol–water partition coefficient (Wildman–Crippen LogP) is 4.01. The summed E-state index contributed by atoms with van der Waals surface area (Å²) in [6.45, 7) is 3.93. The topological polar surface area (TPSA) is 93.6 Å². The molecule has 1 aliphatic rings. The average molecular weight is 470 g/mol. The van der Waals surface area contributed by atoms with Gasteiger partial charge in [-0.2, -0.15) is 0 Å². The van der Waals surface area contributed by atoms with Gasteiger partial charge in [-0.15, -0.1) is 11.8 Å². The zero-order chi connectivity index (χ0) is 23.8. The number of nitrogens with zero attached hydrogens (tertiary/aromatic N) is 2. The molecule has 2 heterocycles. The molecule has 3 rings (SSSR count). The zero-order valence-corrected chi connectivity index (χ0v) is 19.1. The smallest absolute Gasteiger partial charge is 0.251 e. The zero-order valence-electron chi connectivity index (χ0n) is 18.2. The molecule has 0 spiro atoms. The minimum absolute atomic E-state index is 0.0621. The normalized spacial score (nSPS) is 19.0. The summed E-state index contributed by atoms with van der Waals surface area (Å²) in [6, 6.07) is 6.36. The summed E-state index contributed by atoms with van der Waals surface area (Å²) in [6.07, 6.45) is 5.10. The summed E-state index contributed by atoms with van der Waals surface area (Å²) in [5, 5.41) is 15.0. The number of halogens is 1. The van der Waals surface area contributed by atoms with Crippen molar-refractivity contribution in [3.8, 4) is 11.5 Å². The highest BCUT2D eigenvalue weighted by Gasteiger charge is 2.16. The van der Waals surface area contributed by atoms with Crippen LogP contribution >= 0.6 is 11.8 Å². The molecule has 7 nitrogen and oxygen atoms in total. The molecule has 0 radical (unpaired) electrons. The second kappa shape index (κ2) is 11.4. The largest absolute Gasteiger partial charge is 0.493 e. The van der Waals surface area contributed by atoms with E-state index < -0.39 is 6.10 Å². The molecule has 1 unspecified atom stereocenters. The van der Waals surface area contributed by atoms with Crippen LogP contribution in [-0.4, -0.2) is 47.5 Å². The summed E-state index contributed by atoms with van der Waals surface area (Å²) in [5.41, 5.74) is 1.93. The Morgan fingerprint density at radius 2 is 2.09 bits per heavy atom. The van der Waals surface area contributed by atoms with E-state index in [1.807, 2.05) is 0 Å². The number of aliphatic hydroxyl groups is 1. The van der Waals surface area contributed by atoms with E-state index in [0.29, 0.717) is 39.7 Å². The third-order valence-corrected chi connectivity index (χ3v) is 5.55. The van der Waals surface area contributed by atoms with Gasteiger partial charge in [0.05, 0.1) is 19.9 Å². The van der Waals surface area contributed by atoms with Gasteiger partial charge < -0.3 is 19.9 Å². The van der Waals surface area contributed by atoms with E-state index in [1.165, 1.54) is 38.3 Å². The van der Waals surface area contributed by atoms with E-state index in [-0.39, 0.29) is 24.0 Å². The number of carbonyl (C=O) groups excluding carboxylic acids is 1. The van der Waals surface area contributed by atoms with Crippen LogP contribution in [0, 0.1) is 0 Å². The lowest BCUT2D eigenvalue weighted by atomic mass is 10.1. The number of rotatable bonds is 7. The van der Waals surface area contributed by atoms with E-state index in [4.69, 9.17) is 9.47 Å². The molecule has 9 heteroatoms. The first-order chi connectivity index (χ1) is 15.9. The van der Waals surface area contributed by atoms with E-state index in [9.17, 15) is 14.3 Å². The Labute approximate surface area is 195 Å². The highest BCUT2D eigenvalue weighted by molar-refractivity contribution is 8.02. The van der Waals surface area contributed by atoms with Crippen molar-refractivity contribution in [2.24, 2.45) is 0 Å². The van der Waals surface area contributed by atoms with Gasteiger partial charge >= 0.3 is 0 Å². The van der Waals surface area contributed by atoms with Crippen LogP contribution in [0.2, 0.25) is 0 Å². The van der Waals surface area contributed by atoms with Gasteiger partial charge in [0.2, 0.25) is 0 Å². The summed E-state index contributed by atoms with van der Waals surface area (Å²) in [7, 11) is 3.00. The van der Waals surface area contributed by atoms with Crippen molar-refractivity contribution in [2.45, 2.75) is 6.10 Å². The number of carbonyl (C=O) groups is 1. The Hall–Kier alpha value is -3.43. The SMILES string of the molecule is C=C1/C=C\C=C(\F)CS/C=C\1c1nccc(C(O)CNC(=O)c2ccc(OC)c(OC)c2)n1. The van der Waals surface area contributed by atoms with Gasteiger partial charge in [-0.05, 0) is 41.3 Å². The van der Waals surface area contributed by atoms with Crippen LogP contribution in [0.4, 0.5) is 4.39 Å². The van der Waals surface area contributed by atoms with Gasteiger partial charge in [-0.1, -0.05) is 18.7 Å². The third kappa shape index (κ3) is 6.30. The molecule has 1 atom stereocenters. The minimum atomic E-state index is -1.07. The molecule has 1 aromatic heterocycles. The maximum absolute atomic E-state index is 13.6. The molecule has 0 saturated carbocycles. The maximum atomic E-state index is 13.6. The Kier molecular flexibility index (Phi) is 8.39. The minimum Gasteiger partial charge on any atom is -0.493 e. The number of amides is 1. The lowest BCUT2D eigenvalue weighted by Crippen LogP contribution is -2.28. The second-order valence-electron chi connectivity index (χ2n) is 6.94. The van der Waals surface area contributed by atoms with Gasteiger partial charge in [-0.25, -0.2) is 14.4 Å². The van der Waals surface area contributed by atoms with Crippen molar-refractivity contribution in [3.63, 3.8) is 0 Å². The maximum Gasteiger partial charge on any atom is 0.251 e. The molecular formula is C24H24FN3O4S. The lowest BCUT2D eigenvalue weighted by Gasteiger charge is -2.14. The summed E-state index contributed by atoms with van der Waals surface area (Å²) in [5.74, 6) is 0.837. The first kappa shape index (κ1) is 24.2. The second-order valence-corrected chi connectivity index (χ2v) is 7.80. The number of methoxy groups -OCH3 is 2. The Morgan fingerprint density at radius 1 is 1.30 bits per heavy atom. The molecule has 1 aliphatic heterocycles. The van der Waals surface area contributed by atoms with Gasteiger partial charge in [0.25, 0.3) is 5.91 Å². The number of aromatic nitrogens is 2. The van der Waals surface area contributed by atoms with Crippen molar-refractivity contribution in [1.82, 2.24) is 15.3 Å². The van der Waals surface area contributed by atoms with Gasteiger partial charge in [0, 0.05) is 29.6 Å². The van der Waals surface area contributed by atoms with Crippen LogP contribution in [-0.2, 0) is 0 Å². The van der Waals surface area contributed by atoms with Crippen molar-refractivity contribution in [2.75, 3.05) is 26.5 Å². The van der Waals surface area contributed by atoms with Crippen LogP contribution in [0.1, 0.15) is 28.0 Å². The Morgan fingerprint density at radius 3 is 2.85 bits per heavy atom. The van der Waals surface area contributed by atoms with E-state index in [0.717, 1.165) is 0 Å². The van der Waals surface area contributed by atoms with Crippen LogP contribution in [0.3, 0.4) is 0 Å². The summed E-state index contributed by atoms with van der Waals surface area (Å²) >= 11 is 1.26. The number of benzene rings is 1. The fraction of sp³-hybridized carbons (Fsp3) is 0.208. The summed E-state index contributed by atoms with van der Waals surface area (Å²) in [4.78, 5) is 21.2. The van der Waals surface area contributed by atoms with Crippen LogP contribution in [0.5, 0.6) is 11.5 Å². The molecule has 2 aromatic rings. The Balaban J connectivity index is 1.71. The molecule has 1 amide bonds. The Bertz CT molecular complexity index is 1130. The lowest BCUT2D eigenvalue weighted by molar-refractivity contribution is 0.0913. The van der Waals surface area contributed by atoms with Crippen LogP contribution < -0.4 is 14.8 Å². The third-order valence-electron chi connectivity index (χ3n) is 4.70. The molecule has 2 N–H and O–H groups in total. The monoisotopic (exact) mass is 469 g/mol. The van der Waals surface area contributed by atoms with Crippen LogP contribution in [0.15, 0.2) is 72.1 Å². The van der Waals surface area contributed by atoms with Gasteiger partial charge in [0.15, 0.2) is 17.3 Å². The fourth-order valence-electron chi connectivity index (χ4n) is 2.94. The van der Waals surface area contributed by atoms with Crippen molar-refractivity contribution in [1.29, 1.82) is 0 Å². The number of hydrogen-bond donors (Lipinski definition) is 2. The van der Waals surface area contributed by atoms with Gasteiger partial charge in [0.1, 0.15) is 11.9 Å². The van der Waals surface area contributed by atoms with Gasteiger partial charge in [-0.3, -0.25) is 4.79 Å². The van der Waals surface area contributed by atoms with Crippen molar-refractivity contribution >= 4 is 23.2 Å². The van der Waals surface area contributed by atoms with E-state index in [1.54, 1.807) is 41.8 Å². The van der Waals surface area contributed by atoms with E-state index in [2.05, 4.69) is 21.9 Å². The molecule has 0 bridgehead atoms. The number of aliphatic hydroxyl groups excluding tert-OH is 1. The number of nitrogens with one attached hydrogen (secondary N) is 1. The highest BCUT2D eigenvalue weighted by atomic mass is 32.2. The van der Waals surface area contributed by atoms with Crippen molar-refractivity contribution in [3.05, 3.63) is 89.2 Å². The van der Waals surface area contributed by atoms with Crippen molar-refractivity contribution < 1.29 is 23.8 Å². The quantitative estimate of drug-likeness (QED) is 0.633. The standard InChI is InChI=1S/C24H24FN3O4S/c1-15-5-4-6-17(25)13-33-14-18(15)23-26-10-9-19(28-23)20(29)12-27-24(30)16-7-8-21(31-2)22(11-16)32-3/h4-11,14,20,29H,1,12-13H2,2-3H3,(H,27,30)/b5-4-,17-6+,18-14+. The number of thioether (sulfide) groups is 1. The molecule has 1 aromatic carbocycles. The number of ether oxygens (including phenoxy) is 2. The summed E-state index contributed by atoms with van der Waals surface area (Å²) < 4.78 is 24.0. The molecular weight excluding hydrogens is 445 g/mol. The van der Waals surface area contributed by atoms with Crippen LogP contribution in [0.25, 0.3) is 5.57 Å². The molecule has 172 valence electrons. The average Bonchev–Trinajstić information content (AvgIpc) is 2.91. The molecule has 0 aliphatic carbocycles. The molecule has 33 heavy (non-hydrogen) atoms. The first-order valence-corrected chi connectivity index (χ1v) is 11.0. The highest BCUT2D eigenvalue weighted by Crippen LogP contribution is 2.28. The predicted molar refractivity (Wildman–Crippen MR) is 127 cm³/mol. The first-order valence-electron chi connectivity index (χ1n) is 9.98. The number of allylic oxidation sites excluding steroid dienone is 5. The molecule has 0 saturated heterocycles. The molecule has 0 fully saturated rings. The fourth-order valence-corrected chi connectivity index (χ4v) is 3.71.